The smallest absolute Gasteiger partial charge is 0.0549 e. The highest BCUT2D eigenvalue weighted by molar-refractivity contribution is 5.46. The molecule has 15 heavy (non-hydrogen) atoms. The Bertz CT molecular complexity index is 289. The zero-order valence-electron chi connectivity index (χ0n) is 9.24. The molecule has 0 amide bonds. The van der Waals surface area contributed by atoms with Crippen LogP contribution in [0.25, 0.3) is 0 Å². The molecular formula is C12H20N2O. The normalized spacial score (nSPS) is 12.7. The van der Waals surface area contributed by atoms with Crippen LogP contribution in [0.2, 0.25) is 0 Å². The lowest BCUT2D eigenvalue weighted by Gasteiger charge is -2.09. The van der Waals surface area contributed by atoms with Crippen molar-refractivity contribution in [2.24, 2.45) is 0 Å². The number of nitrogens with two attached hydrogens (primary N) is 1. The van der Waals surface area contributed by atoms with Gasteiger partial charge in [-0.15, -0.1) is 0 Å². The Hall–Kier alpha value is -1.06. The lowest BCUT2D eigenvalue weighted by atomic mass is 10.1. The van der Waals surface area contributed by atoms with Crippen molar-refractivity contribution in [2.45, 2.75) is 32.4 Å². The molecule has 0 aliphatic carbocycles. The van der Waals surface area contributed by atoms with E-state index in [9.17, 15) is 5.11 Å². The highest BCUT2D eigenvalue weighted by atomic mass is 16.3. The van der Waals surface area contributed by atoms with Crippen LogP contribution in [0.4, 0.5) is 5.69 Å². The number of nitrogen functional groups attached to an aromatic ring is 1. The molecule has 0 aromatic heterocycles. The highest BCUT2D eigenvalue weighted by Gasteiger charge is 2.00. The first-order chi connectivity index (χ1) is 7.24. The Balaban J connectivity index is 2.23. The van der Waals surface area contributed by atoms with Gasteiger partial charge in [-0.25, -0.2) is 0 Å². The molecule has 0 fully saturated rings. The van der Waals surface area contributed by atoms with Crippen molar-refractivity contribution in [3.8, 4) is 0 Å². The van der Waals surface area contributed by atoms with Gasteiger partial charge in [0, 0.05) is 12.2 Å². The average Bonchev–Trinajstić information content (AvgIpc) is 2.26. The maximum absolute atomic E-state index is 9.35. The Labute approximate surface area is 91.3 Å². The van der Waals surface area contributed by atoms with Gasteiger partial charge in [-0.2, -0.15) is 0 Å². The third-order valence-electron chi connectivity index (χ3n) is 2.50. The predicted molar refractivity (Wildman–Crippen MR) is 63.5 cm³/mol. The van der Waals surface area contributed by atoms with E-state index in [0.717, 1.165) is 37.2 Å². The minimum absolute atomic E-state index is 0.189. The molecule has 3 nitrogen and oxygen atoms in total. The summed E-state index contributed by atoms with van der Waals surface area (Å²) in [6, 6.07) is 7.82. The van der Waals surface area contributed by atoms with Crippen LogP contribution in [0, 0.1) is 0 Å². The molecule has 0 bridgehead atoms. The molecule has 1 unspecified atom stereocenters. The number of aliphatic hydroxyl groups excluding tert-OH is 1. The highest BCUT2D eigenvalue weighted by Crippen LogP contribution is 2.09. The Kier molecular flexibility index (Phi) is 5.15. The summed E-state index contributed by atoms with van der Waals surface area (Å²) in [6.07, 6.45) is 1.42. The van der Waals surface area contributed by atoms with E-state index >= 15 is 0 Å². The van der Waals surface area contributed by atoms with Gasteiger partial charge in [0.25, 0.3) is 0 Å². The van der Waals surface area contributed by atoms with E-state index in [-0.39, 0.29) is 6.10 Å². The summed E-state index contributed by atoms with van der Waals surface area (Å²) in [6.45, 7) is 3.58. The maximum atomic E-state index is 9.35. The van der Waals surface area contributed by atoms with Crippen molar-refractivity contribution in [2.75, 3.05) is 12.3 Å². The zero-order valence-corrected chi connectivity index (χ0v) is 9.24. The van der Waals surface area contributed by atoms with Crippen LogP contribution in [-0.4, -0.2) is 17.8 Å². The van der Waals surface area contributed by atoms with Gasteiger partial charge in [-0.3, -0.25) is 0 Å². The third kappa shape index (κ3) is 4.32. The SMILES string of the molecule is CCC(O)CCNCc1ccccc1N. The molecule has 1 aromatic rings. The number of nitrogens with one attached hydrogen (secondary N) is 1. The summed E-state index contributed by atoms with van der Waals surface area (Å²) < 4.78 is 0. The quantitative estimate of drug-likeness (QED) is 0.491. The van der Waals surface area contributed by atoms with Crippen LogP contribution in [-0.2, 0) is 6.54 Å². The van der Waals surface area contributed by atoms with Gasteiger partial charge >= 0.3 is 0 Å². The van der Waals surface area contributed by atoms with E-state index in [1.807, 2.05) is 31.2 Å². The molecular weight excluding hydrogens is 188 g/mol. The third-order valence-corrected chi connectivity index (χ3v) is 2.50. The van der Waals surface area contributed by atoms with E-state index < -0.39 is 0 Å². The Morgan fingerprint density at radius 3 is 2.80 bits per heavy atom. The van der Waals surface area contributed by atoms with Crippen LogP contribution < -0.4 is 11.1 Å². The van der Waals surface area contributed by atoms with Crippen LogP contribution in [0.1, 0.15) is 25.3 Å². The van der Waals surface area contributed by atoms with Crippen LogP contribution in [0.3, 0.4) is 0 Å². The topological polar surface area (TPSA) is 58.3 Å². The number of benzene rings is 1. The molecule has 1 rings (SSSR count). The molecule has 0 heterocycles. The van der Waals surface area contributed by atoms with E-state index in [2.05, 4.69) is 5.32 Å². The van der Waals surface area contributed by atoms with Gasteiger partial charge in [0.2, 0.25) is 0 Å². The number of hydrogen-bond donors (Lipinski definition) is 3. The fourth-order valence-corrected chi connectivity index (χ4v) is 1.39. The fraction of sp³-hybridized carbons (Fsp3) is 0.500. The van der Waals surface area contributed by atoms with Gasteiger partial charge in [0.15, 0.2) is 0 Å². The first-order valence-electron chi connectivity index (χ1n) is 5.46. The average molecular weight is 208 g/mol. The molecule has 0 saturated carbocycles. The number of anilines is 1. The van der Waals surface area contributed by atoms with Gasteiger partial charge in [0.1, 0.15) is 0 Å². The van der Waals surface area contributed by atoms with E-state index in [1.165, 1.54) is 0 Å². The number of para-hydroxylation sites is 1. The summed E-state index contributed by atoms with van der Waals surface area (Å²) in [5.74, 6) is 0. The van der Waals surface area contributed by atoms with Crippen molar-refractivity contribution in [3.05, 3.63) is 29.8 Å². The van der Waals surface area contributed by atoms with Crippen molar-refractivity contribution >= 4 is 5.69 Å². The minimum Gasteiger partial charge on any atom is -0.398 e. The molecule has 3 heteroatoms. The molecule has 0 aliphatic heterocycles. The van der Waals surface area contributed by atoms with Crippen molar-refractivity contribution in [1.82, 2.24) is 5.32 Å². The standard InChI is InChI=1S/C12H20N2O/c1-2-11(15)7-8-14-9-10-5-3-4-6-12(10)13/h3-6,11,14-15H,2,7-9,13H2,1H3. The Morgan fingerprint density at radius 1 is 1.40 bits per heavy atom. The minimum atomic E-state index is -0.189. The van der Waals surface area contributed by atoms with Crippen LogP contribution >= 0.6 is 0 Å². The molecule has 1 atom stereocenters. The number of hydrogen-bond acceptors (Lipinski definition) is 3. The molecule has 4 N–H and O–H groups in total. The summed E-state index contributed by atoms with van der Waals surface area (Å²) in [5.41, 5.74) is 7.73. The maximum Gasteiger partial charge on any atom is 0.0549 e. The summed E-state index contributed by atoms with van der Waals surface area (Å²) >= 11 is 0. The molecule has 1 aromatic carbocycles. The zero-order chi connectivity index (χ0) is 11.1. The first kappa shape index (κ1) is 12.0. The number of rotatable bonds is 6. The second-order valence-electron chi connectivity index (χ2n) is 3.73. The molecule has 0 spiro atoms. The van der Waals surface area contributed by atoms with Crippen LogP contribution in [0.15, 0.2) is 24.3 Å². The predicted octanol–water partition coefficient (Wildman–Crippen LogP) is 1.52. The second kappa shape index (κ2) is 6.43. The molecule has 0 aliphatic rings. The summed E-state index contributed by atoms with van der Waals surface area (Å²) in [7, 11) is 0. The fourth-order valence-electron chi connectivity index (χ4n) is 1.39. The summed E-state index contributed by atoms with van der Waals surface area (Å²) in [5, 5.41) is 12.6. The van der Waals surface area contributed by atoms with Gasteiger partial charge < -0.3 is 16.2 Å². The van der Waals surface area contributed by atoms with Gasteiger partial charge in [-0.05, 0) is 31.0 Å². The molecule has 0 saturated heterocycles. The lowest BCUT2D eigenvalue weighted by molar-refractivity contribution is 0.159. The van der Waals surface area contributed by atoms with Crippen molar-refractivity contribution < 1.29 is 5.11 Å². The van der Waals surface area contributed by atoms with Crippen molar-refractivity contribution in [3.63, 3.8) is 0 Å². The largest absolute Gasteiger partial charge is 0.398 e. The molecule has 0 radical (unpaired) electrons. The van der Waals surface area contributed by atoms with Crippen molar-refractivity contribution in [1.29, 1.82) is 0 Å². The van der Waals surface area contributed by atoms with E-state index in [0.29, 0.717) is 0 Å². The lowest BCUT2D eigenvalue weighted by Crippen LogP contribution is -2.20. The second-order valence-corrected chi connectivity index (χ2v) is 3.73. The first-order valence-corrected chi connectivity index (χ1v) is 5.46. The van der Waals surface area contributed by atoms with E-state index in [4.69, 9.17) is 5.73 Å². The Morgan fingerprint density at radius 2 is 2.13 bits per heavy atom. The summed E-state index contributed by atoms with van der Waals surface area (Å²) in [4.78, 5) is 0. The number of aliphatic hydroxyl groups is 1. The molecule has 84 valence electrons. The van der Waals surface area contributed by atoms with E-state index in [1.54, 1.807) is 0 Å². The monoisotopic (exact) mass is 208 g/mol. The van der Waals surface area contributed by atoms with Crippen LogP contribution in [0.5, 0.6) is 0 Å². The van der Waals surface area contributed by atoms with Gasteiger partial charge in [0.05, 0.1) is 6.10 Å². The van der Waals surface area contributed by atoms with Gasteiger partial charge in [-0.1, -0.05) is 25.1 Å².